The van der Waals surface area contributed by atoms with Crippen LogP contribution in [0.2, 0.25) is 0 Å². The van der Waals surface area contributed by atoms with Gasteiger partial charge in [-0.25, -0.2) is 0 Å². The molecule has 1 aromatic heterocycles. The molecule has 1 aliphatic heterocycles. The number of amides is 1. The molecule has 2 aromatic carbocycles. The lowest BCUT2D eigenvalue weighted by atomic mass is 10.1. The van der Waals surface area contributed by atoms with Crippen molar-refractivity contribution in [1.82, 2.24) is 10.2 Å². The van der Waals surface area contributed by atoms with Gasteiger partial charge in [0.2, 0.25) is 0 Å². The van der Waals surface area contributed by atoms with Crippen LogP contribution in [0.5, 0.6) is 11.5 Å². The standard InChI is InChI=1S/C28H31N3O5/c1-31(23-11-14-33-15-12-23)13-16-34-24-7-4-5-21(17-24)19-30-28(32)27-10-9-25(36-27)20-35-26-8-3-2-6-22(26)18-29/h2-10,17,23H,11-16,19-20H2,1H3,(H,30,32). The number of carbonyl (C=O) groups is 1. The largest absolute Gasteiger partial charge is 0.492 e. The van der Waals surface area contributed by atoms with E-state index in [1.54, 1.807) is 36.4 Å². The van der Waals surface area contributed by atoms with E-state index in [1.165, 1.54) is 0 Å². The van der Waals surface area contributed by atoms with E-state index in [0.29, 0.717) is 36.3 Å². The van der Waals surface area contributed by atoms with E-state index in [4.69, 9.17) is 23.9 Å². The van der Waals surface area contributed by atoms with Crippen LogP contribution >= 0.6 is 0 Å². The highest BCUT2D eigenvalue weighted by atomic mass is 16.5. The third-order valence-electron chi connectivity index (χ3n) is 6.14. The fourth-order valence-electron chi connectivity index (χ4n) is 4.04. The Hall–Kier alpha value is -3.80. The highest BCUT2D eigenvalue weighted by molar-refractivity contribution is 5.91. The summed E-state index contributed by atoms with van der Waals surface area (Å²) in [5.41, 5.74) is 1.38. The van der Waals surface area contributed by atoms with Gasteiger partial charge in [-0.3, -0.25) is 9.69 Å². The minimum absolute atomic E-state index is 0.120. The number of nitrogens with one attached hydrogen (secondary N) is 1. The highest BCUT2D eigenvalue weighted by Gasteiger charge is 2.18. The molecule has 4 rings (SSSR count). The molecule has 2 heterocycles. The lowest BCUT2D eigenvalue weighted by Gasteiger charge is -2.31. The highest BCUT2D eigenvalue weighted by Crippen LogP contribution is 2.19. The van der Waals surface area contributed by atoms with Crippen molar-refractivity contribution in [2.45, 2.75) is 32.0 Å². The number of furan rings is 1. The van der Waals surface area contributed by atoms with Gasteiger partial charge < -0.3 is 23.9 Å². The Morgan fingerprint density at radius 2 is 1.94 bits per heavy atom. The van der Waals surface area contributed by atoms with E-state index in [-0.39, 0.29) is 18.3 Å². The van der Waals surface area contributed by atoms with E-state index < -0.39 is 0 Å². The van der Waals surface area contributed by atoms with E-state index in [1.807, 2.05) is 24.3 Å². The Kier molecular flexibility index (Phi) is 8.98. The second-order valence-electron chi connectivity index (χ2n) is 8.67. The minimum Gasteiger partial charge on any atom is -0.492 e. The number of rotatable bonds is 11. The van der Waals surface area contributed by atoms with E-state index >= 15 is 0 Å². The Morgan fingerprint density at radius 3 is 2.78 bits per heavy atom. The maximum Gasteiger partial charge on any atom is 0.287 e. The number of benzene rings is 2. The van der Waals surface area contributed by atoms with Crippen molar-refractivity contribution in [1.29, 1.82) is 5.26 Å². The van der Waals surface area contributed by atoms with E-state index in [2.05, 4.69) is 23.3 Å². The Morgan fingerprint density at radius 1 is 1.11 bits per heavy atom. The van der Waals surface area contributed by atoms with Crippen molar-refractivity contribution in [3.8, 4) is 17.6 Å². The first-order valence-electron chi connectivity index (χ1n) is 12.1. The zero-order valence-corrected chi connectivity index (χ0v) is 20.4. The number of carbonyl (C=O) groups excluding carboxylic acids is 1. The molecule has 1 fully saturated rings. The minimum atomic E-state index is -0.317. The van der Waals surface area contributed by atoms with Gasteiger partial charge in [0, 0.05) is 32.3 Å². The Balaban J connectivity index is 1.22. The van der Waals surface area contributed by atoms with Crippen LogP contribution in [0.15, 0.2) is 65.1 Å². The summed E-state index contributed by atoms with van der Waals surface area (Å²) in [5, 5.41) is 12.0. The fraction of sp³-hybridized carbons (Fsp3) is 0.357. The van der Waals surface area contributed by atoms with Gasteiger partial charge in [0.25, 0.3) is 5.91 Å². The molecule has 1 amide bonds. The maximum atomic E-state index is 12.6. The molecule has 188 valence electrons. The predicted molar refractivity (Wildman–Crippen MR) is 134 cm³/mol. The molecule has 0 atom stereocenters. The monoisotopic (exact) mass is 489 g/mol. The summed E-state index contributed by atoms with van der Waals surface area (Å²) < 4.78 is 22.7. The van der Waals surface area contributed by atoms with Crippen LogP contribution < -0.4 is 14.8 Å². The number of nitrogens with zero attached hydrogens (tertiary/aromatic N) is 2. The number of likely N-dealkylation sites (N-methyl/N-ethyl adjacent to an activating group) is 1. The zero-order chi connectivity index (χ0) is 25.2. The lowest BCUT2D eigenvalue weighted by Crippen LogP contribution is -2.38. The summed E-state index contributed by atoms with van der Waals surface area (Å²) in [4.78, 5) is 14.9. The first-order chi connectivity index (χ1) is 17.6. The first kappa shape index (κ1) is 25.3. The molecule has 1 aliphatic rings. The van der Waals surface area contributed by atoms with Crippen LogP contribution in [0.3, 0.4) is 0 Å². The molecular formula is C28H31N3O5. The Labute approximate surface area is 211 Å². The van der Waals surface area contributed by atoms with Gasteiger partial charge in [0.1, 0.15) is 36.5 Å². The average molecular weight is 490 g/mol. The van der Waals surface area contributed by atoms with Crippen LogP contribution in [-0.2, 0) is 17.9 Å². The van der Waals surface area contributed by atoms with Gasteiger partial charge >= 0.3 is 0 Å². The second kappa shape index (κ2) is 12.8. The molecule has 8 heteroatoms. The summed E-state index contributed by atoms with van der Waals surface area (Å²) in [6.45, 7) is 3.56. The van der Waals surface area contributed by atoms with Gasteiger partial charge in [-0.05, 0) is 61.9 Å². The van der Waals surface area contributed by atoms with Crippen LogP contribution in [-0.4, -0.2) is 50.3 Å². The lowest BCUT2D eigenvalue weighted by molar-refractivity contribution is 0.0392. The van der Waals surface area contributed by atoms with Crippen molar-refractivity contribution >= 4 is 5.91 Å². The van der Waals surface area contributed by atoms with Gasteiger partial charge in [0.15, 0.2) is 5.76 Å². The van der Waals surface area contributed by atoms with Crippen molar-refractivity contribution in [3.05, 3.63) is 83.3 Å². The molecule has 0 saturated carbocycles. The van der Waals surface area contributed by atoms with Crippen LogP contribution in [0, 0.1) is 11.3 Å². The Bertz CT molecular complexity index is 1180. The van der Waals surface area contributed by atoms with Crippen molar-refractivity contribution < 1.29 is 23.4 Å². The summed E-state index contributed by atoms with van der Waals surface area (Å²) in [7, 11) is 2.13. The number of para-hydroxylation sites is 1. The summed E-state index contributed by atoms with van der Waals surface area (Å²) >= 11 is 0. The summed E-state index contributed by atoms with van der Waals surface area (Å²) in [6, 6.07) is 20.6. The van der Waals surface area contributed by atoms with Crippen molar-refractivity contribution in [2.24, 2.45) is 0 Å². The molecule has 0 aliphatic carbocycles. The summed E-state index contributed by atoms with van der Waals surface area (Å²) in [5.74, 6) is 1.62. The summed E-state index contributed by atoms with van der Waals surface area (Å²) in [6.07, 6.45) is 2.12. The molecule has 36 heavy (non-hydrogen) atoms. The van der Waals surface area contributed by atoms with Gasteiger partial charge in [-0.15, -0.1) is 0 Å². The normalized spacial score (nSPS) is 13.8. The number of hydrogen-bond donors (Lipinski definition) is 1. The number of nitriles is 1. The van der Waals surface area contributed by atoms with Crippen molar-refractivity contribution in [3.63, 3.8) is 0 Å². The molecule has 0 radical (unpaired) electrons. The number of hydrogen-bond acceptors (Lipinski definition) is 7. The van der Waals surface area contributed by atoms with Crippen LogP contribution in [0.4, 0.5) is 0 Å². The van der Waals surface area contributed by atoms with Gasteiger partial charge in [-0.1, -0.05) is 24.3 Å². The van der Waals surface area contributed by atoms with Gasteiger partial charge in [-0.2, -0.15) is 5.26 Å². The third-order valence-corrected chi connectivity index (χ3v) is 6.14. The SMILES string of the molecule is CN(CCOc1cccc(CNC(=O)c2ccc(COc3ccccc3C#N)o2)c1)C1CCOCC1. The van der Waals surface area contributed by atoms with Crippen LogP contribution in [0.25, 0.3) is 0 Å². The topological polar surface area (TPSA) is 97.0 Å². The van der Waals surface area contributed by atoms with Crippen molar-refractivity contribution in [2.75, 3.05) is 33.4 Å². The molecular weight excluding hydrogens is 458 g/mol. The predicted octanol–water partition coefficient (Wildman–Crippen LogP) is 4.15. The average Bonchev–Trinajstić information content (AvgIpc) is 3.40. The molecule has 1 N–H and O–H groups in total. The first-order valence-corrected chi connectivity index (χ1v) is 12.1. The quantitative estimate of drug-likeness (QED) is 0.432. The molecule has 3 aromatic rings. The molecule has 0 bridgehead atoms. The smallest absolute Gasteiger partial charge is 0.287 e. The molecule has 0 unspecified atom stereocenters. The van der Waals surface area contributed by atoms with Crippen LogP contribution in [0.1, 0.15) is 40.3 Å². The second-order valence-corrected chi connectivity index (χ2v) is 8.67. The molecule has 8 nitrogen and oxygen atoms in total. The zero-order valence-electron chi connectivity index (χ0n) is 20.4. The maximum absolute atomic E-state index is 12.6. The number of ether oxygens (including phenoxy) is 3. The third kappa shape index (κ3) is 7.11. The van der Waals surface area contributed by atoms with E-state index in [0.717, 1.165) is 43.9 Å². The fourth-order valence-corrected chi connectivity index (χ4v) is 4.04. The molecule has 1 saturated heterocycles. The van der Waals surface area contributed by atoms with E-state index in [9.17, 15) is 4.79 Å². The molecule has 0 spiro atoms. The van der Waals surface area contributed by atoms with Gasteiger partial charge in [0.05, 0.1) is 5.56 Å².